The molecule has 0 spiro atoms. The van der Waals surface area contributed by atoms with Crippen LogP contribution in [0.4, 0.5) is 11.4 Å². The first-order valence-electron chi connectivity index (χ1n) is 8.02. The minimum atomic E-state index is -0.417. The van der Waals surface area contributed by atoms with Gasteiger partial charge in [0.05, 0.1) is 4.92 Å². The van der Waals surface area contributed by atoms with Crippen LogP contribution in [0, 0.1) is 17.0 Å². The van der Waals surface area contributed by atoms with Crippen molar-refractivity contribution in [2.24, 2.45) is 0 Å². The summed E-state index contributed by atoms with van der Waals surface area (Å²) in [4.78, 5) is 15.3. The molecule has 25 heavy (non-hydrogen) atoms. The van der Waals surface area contributed by atoms with Crippen molar-refractivity contribution in [1.29, 1.82) is 0 Å². The molecule has 0 saturated carbocycles. The first-order chi connectivity index (χ1) is 12.1. The highest BCUT2D eigenvalue weighted by Gasteiger charge is 2.18. The van der Waals surface area contributed by atoms with Crippen LogP contribution in [-0.4, -0.2) is 21.6 Å². The summed E-state index contributed by atoms with van der Waals surface area (Å²) < 4.78 is 5.31. The molecule has 0 aliphatic heterocycles. The number of hydrogen-bond donors (Lipinski definition) is 1. The summed E-state index contributed by atoms with van der Waals surface area (Å²) in [5.74, 6) is 0.715. The van der Waals surface area contributed by atoms with E-state index >= 15 is 0 Å². The van der Waals surface area contributed by atoms with Crippen molar-refractivity contribution in [1.82, 2.24) is 10.1 Å². The third-order valence-electron chi connectivity index (χ3n) is 3.82. The molecular weight excluding hydrogens is 320 g/mol. The van der Waals surface area contributed by atoms with Gasteiger partial charge in [0, 0.05) is 23.7 Å². The molecule has 3 aromatic rings. The molecule has 1 heterocycles. The fourth-order valence-electron chi connectivity index (χ4n) is 2.50. The first-order valence-corrected chi connectivity index (χ1v) is 8.02. The van der Waals surface area contributed by atoms with Crippen LogP contribution in [0.1, 0.15) is 18.9 Å². The second-order valence-electron chi connectivity index (χ2n) is 5.65. The molecule has 2 aromatic carbocycles. The molecule has 0 radical (unpaired) electrons. The summed E-state index contributed by atoms with van der Waals surface area (Å²) in [5, 5.41) is 18.4. The molecule has 0 atom stereocenters. The summed E-state index contributed by atoms with van der Waals surface area (Å²) in [7, 11) is 0. The maximum Gasteiger partial charge on any atom is 0.293 e. The van der Waals surface area contributed by atoms with Crippen molar-refractivity contribution in [3.8, 4) is 22.8 Å². The Morgan fingerprint density at radius 2 is 2.04 bits per heavy atom. The Bertz CT molecular complexity index is 905. The molecular formula is C18H18N4O3. The molecule has 7 nitrogen and oxygen atoms in total. The van der Waals surface area contributed by atoms with E-state index < -0.39 is 4.92 Å². The SMILES string of the molecule is CCCNc1ccc(-c2nc(-c3ccccc3C)no2)cc1[N+](=O)[O-]. The van der Waals surface area contributed by atoms with Gasteiger partial charge in [0.1, 0.15) is 5.69 Å². The second kappa shape index (κ2) is 7.12. The minimum Gasteiger partial charge on any atom is -0.380 e. The van der Waals surface area contributed by atoms with Crippen LogP contribution in [0.15, 0.2) is 47.0 Å². The molecule has 0 saturated heterocycles. The highest BCUT2D eigenvalue weighted by molar-refractivity contribution is 5.71. The predicted molar refractivity (Wildman–Crippen MR) is 95.3 cm³/mol. The van der Waals surface area contributed by atoms with Crippen LogP contribution >= 0.6 is 0 Å². The first kappa shape index (κ1) is 16.6. The van der Waals surface area contributed by atoms with Crippen molar-refractivity contribution in [3.05, 3.63) is 58.1 Å². The topological polar surface area (TPSA) is 94.1 Å². The third kappa shape index (κ3) is 3.50. The number of nitrogens with one attached hydrogen (secondary N) is 1. The lowest BCUT2D eigenvalue weighted by atomic mass is 10.1. The van der Waals surface area contributed by atoms with Crippen LogP contribution in [-0.2, 0) is 0 Å². The van der Waals surface area contributed by atoms with Gasteiger partial charge in [-0.25, -0.2) is 0 Å². The van der Waals surface area contributed by atoms with E-state index in [9.17, 15) is 10.1 Å². The van der Waals surface area contributed by atoms with E-state index in [1.165, 1.54) is 6.07 Å². The molecule has 0 aliphatic rings. The number of nitrogens with zero attached hydrogens (tertiary/aromatic N) is 3. The number of benzene rings is 2. The van der Waals surface area contributed by atoms with Gasteiger partial charge in [0.2, 0.25) is 5.82 Å². The van der Waals surface area contributed by atoms with Crippen molar-refractivity contribution in [2.45, 2.75) is 20.3 Å². The zero-order valence-electron chi connectivity index (χ0n) is 14.0. The number of nitro benzene ring substituents is 1. The number of aromatic nitrogens is 2. The van der Waals surface area contributed by atoms with E-state index in [-0.39, 0.29) is 11.6 Å². The number of nitro groups is 1. The maximum absolute atomic E-state index is 11.3. The van der Waals surface area contributed by atoms with Gasteiger partial charge in [-0.3, -0.25) is 10.1 Å². The number of anilines is 1. The standard InChI is InChI=1S/C18H18N4O3/c1-3-10-19-15-9-8-13(11-16(15)22(23)24)18-20-17(21-25-18)14-7-5-4-6-12(14)2/h4-9,11,19H,3,10H2,1-2H3. The molecule has 0 amide bonds. The van der Waals surface area contributed by atoms with Crippen LogP contribution in [0.2, 0.25) is 0 Å². The molecule has 1 N–H and O–H groups in total. The van der Waals surface area contributed by atoms with E-state index in [2.05, 4.69) is 15.5 Å². The molecule has 0 unspecified atom stereocenters. The number of rotatable bonds is 6. The summed E-state index contributed by atoms with van der Waals surface area (Å²) in [6, 6.07) is 12.6. The van der Waals surface area contributed by atoms with Crippen molar-refractivity contribution >= 4 is 11.4 Å². The summed E-state index contributed by atoms with van der Waals surface area (Å²) in [6.07, 6.45) is 0.877. The smallest absolute Gasteiger partial charge is 0.293 e. The normalized spacial score (nSPS) is 10.6. The van der Waals surface area contributed by atoms with Gasteiger partial charge in [-0.05, 0) is 31.0 Å². The molecule has 7 heteroatoms. The largest absolute Gasteiger partial charge is 0.380 e. The molecule has 0 aliphatic carbocycles. The predicted octanol–water partition coefficient (Wildman–Crippen LogP) is 4.44. The second-order valence-corrected chi connectivity index (χ2v) is 5.65. The maximum atomic E-state index is 11.3. The zero-order valence-corrected chi connectivity index (χ0v) is 14.0. The van der Waals surface area contributed by atoms with Crippen LogP contribution < -0.4 is 5.32 Å². The fourth-order valence-corrected chi connectivity index (χ4v) is 2.50. The molecule has 0 bridgehead atoms. The van der Waals surface area contributed by atoms with Crippen LogP contribution in [0.25, 0.3) is 22.8 Å². The average molecular weight is 338 g/mol. The quantitative estimate of drug-likeness (QED) is 0.527. The van der Waals surface area contributed by atoms with Gasteiger partial charge in [-0.15, -0.1) is 0 Å². The summed E-state index contributed by atoms with van der Waals surface area (Å²) in [5.41, 5.74) is 2.88. The monoisotopic (exact) mass is 338 g/mol. The Labute approximate surface area is 144 Å². The van der Waals surface area contributed by atoms with Gasteiger partial charge in [-0.2, -0.15) is 4.98 Å². The molecule has 128 valence electrons. The van der Waals surface area contributed by atoms with Crippen LogP contribution in [0.3, 0.4) is 0 Å². The molecule has 3 rings (SSSR count). The Morgan fingerprint density at radius 1 is 1.24 bits per heavy atom. The fraction of sp³-hybridized carbons (Fsp3) is 0.222. The molecule has 0 fully saturated rings. The van der Waals surface area contributed by atoms with Gasteiger partial charge >= 0.3 is 0 Å². The lowest BCUT2D eigenvalue weighted by Crippen LogP contribution is -2.03. The lowest BCUT2D eigenvalue weighted by Gasteiger charge is -2.06. The van der Waals surface area contributed by atoms with E-state index in [1.54, 1.807) is 12.1 Å². The van der Waals surface area contributed by atoms with E-state index in [0.29, 0.717) is 23.6 Å². The number of aryl methyl sites for hydroxylation is 1. The van der Waals surface area contributed by atoms with E-state index in [1.807, 2.05) is 38.1 Å². The van der Waals surface area contributed by atoms with E-state index in [0.717, 1.165) is 17.5 Å². The van der Waals surface area contributed by atoms with Gasteiger partial charge in [-0.1, -0.05) is 36.3 Å². The van der Waals surface area contributed by atoms with Crippen molar-refractivity contribution < 1.29 is 9.45 Å². The van der Waals surface area contributed by atoms with E-state index in [4.69, 9.17) is 4.52 Å². The zero-order chi connectivity index (χ0) is 17.8. The van der Waals surface area contributed by atoms with Crippen LogP contribution in [0.5, 0.6) is 0 Å². The number of hydrogen-bond acceptors (Lipinski definition) is 6. The summed E-state index contributed by atoms with van der Waals surface area (Å²) in [6.45, 7) is 4.63. The van der Waals surface area contributed by atoms with Gasteiger partial charge < -0.3 is 9.84 Å². The van der Waals surface area contributed by atoms with Gasteiger partial charge in [0.25, 0.3) is 11.6 Å². The average Bonchev–Trinajstić information content (AvgIpc) is 3.10. The summed E-state index contributed by atoms with van der Waals surface area (Å²) >= 11 is 0. The van der Waals surface area contributed by atoms with Crippen molar-refractivity contribution in [3.63, 3.8) is 0 Å². The Balaban J connectivity index is 1.96. The van der Waals surface area contributed by atoms with Crippen molar-refractivity contribution in [2.75, 3.05) is 11.9 Å². The van der Waals surface area contributed by atoms with Gasteiger partial charge in [0.15, 0.2) is 0 Å². The Hall–Kier alpha value is -3.22. The minimum absolute atomic E-state index is 0.0124. The Morgan fingerprint density at radius 3 is 2.76 bits per heavy atom. The Kier molecular flexibility index (Phi) is 4.74. The highest BCUT2D eigenvalue weighted by atomic mass is 16.6. The molecule has 1 aromatic heterocycles. The third-order valence-corrected chi connectivity index (χ3v) is 3.82. The lowest BCUT2D eigenvalue weighted by molar-refractivity contribution is -0.383. The highest BCUT2D eigenvalue weighted by Crippen LogP contribution is 2.31.